The summed E-state index contributed by atoms with van der Waals surface area (Å²) in [4.78, 5) is 24.5. The summed E-state index contributed by atoms with van der Waals surface area (Å²) in [6, 6.07) is 20.6. The molecule has 0 aliphatic carbocycles. The SMILES string of the molecule is Cc1nc([C@H]2CCCCN2Cc2ccccc2)ncc1C(=O)NCc1ccccc1. The summed E-state index contributed by atoms with van der Waals surface area (Å²) in [6.07, 6.45) is 5.11. The average molecular weight is 401 g/mol. The third-order valence-corrected chi connectivity index (χ3v) is 5.68. The zero-order valence-electron chi connectivity index (χ0n) is 17.4. The molecule has 1 aliphatic heterocycles. The zero-order valence-corrected chi connectivity index (χ0v) is 17.4. The second-order valence-corrected chi connectivity index (χ2v) is 7.86. The Labute approximate surface area is 178 Å². The number of carbonyl (C=O) groups is 1. The van der Waals surface area contributed by atoms with Crippen LogP contribution in [0.5, 0.6) is 0 Å². The van der Waals surface area contributed by atoms with Gasteiger partial charge in [-0.3, -0.25) is 9.69 Å². The van der Waals surface area contributed by atoms with Crippen molar-refractivity contribution in [2.75, 3.05) is 6.54 Å². The maximum absolute atomic E-state index is 12.6. The van der Waals surface area contributed by atoms with Crippen LogP contribution in [0.4, 0.5) is 0 Å². The summed E-state index contributed by atoms with van der Waals surface area (Å²) in [5.41, 5.74) is 3.65. The highest BCUT2D eigenvalue weighted by molar-refractivity contribution is 5.94. The van der Waals surface area contributed by atoms with Gasteiger partial charge in [0.1, 0.15) is 5.82 Å². The van der Waals surface area contributed by atoms with Crippen LogP contribution in [-0.4, -0.2) is 27.3 Å². The average Bonchev–Trinajstić information content (AvgIpc) is 2.79. The summed E-state index contributed by atoms with van der Waals surface area (Å²) in [5.74, 6) is 0.690. The molecule has 0 radical (unpaired) electrons. The maximum Gasteiger partial charge on any atom is 0.254 e. The first-order valence-corrected chi connectivity index (χ1v) is 10.6. The second-order valence-electron chi connectivity index (χ2n) is 7.86. The van der Waals surface area contributed by atoms with Crippen molar-refractivity contribution >= 4 is 5.91 Å². The summed E-state index contributed by atoms with van der Waals surface area (Å²) in [5, 5.41) is 2.97. The molecule has 1 atom stereocenters. The highest BCUT2D eigenvalue weighted by Crippen LogP contribution is 2.30. The number of carbonyl (C=O) groups excluding carboxylic acids is 1. The van der Waals surface area contributed by atoms with Crippen molar-refractivity contribution in [2.24, 2.45) is 0 Å². The molecule has 1 amide bonds. The third kappa shape index (κ3) is 4.92. The zero-order chi connectivity index (χ0) is 20.8. The predicted molar refractivity (Wildman–Crippen MR) is 118 cm³/mol. The van der Waals surface area contributed by atoms with Gasteiger partial charge in [-0.15, -0.1) is 0 Å². The lowest BCUT2D eigenvalue weighted by Crippen LogP contribution is -2.34. The van der Waals surface area contributed by atoms with E-state index in [0.29, 0.717) is 12.1 Å². The molecule has 2 heterocycles. The molecule has 1 saturated heterocycles. The molecule has 1 fully saturated rings. The molecule has 4 rings (SSSR count). The van der Waals surface area contributed by atoms with Crippen LogP contribution in [0.2, 0.25) is 0 Å². The largest absolute Gasteiger partial charge is 0.348 e. The van der Waals surface area contributed by atoms with E-state index < -0.39 is 0 Å². The number of nitrogens with one attached hydrogen (secondary N) is 1. The molecule has 154 valence electrons. The summed E-state index contributed by atoms with van der Waals surface area (Å²) < 4.78 is 0. The van der Waals surface area contributed by atoms with Gasteiger partial charge in [0.05, 0.1) is 17.3 Å². The Morgan fingerprint density at radius 3 is 2.43 bits per heavy atom. The summed E-state index contributed by atoms with van der Waals surface area (Å²) in [7, 11) is 0. The quantitative estimate of drug-likeness (QED) is 0.664. The number of piperidine rings is 1. The van der Waals surface area contributed by atoms with Gasteiger partial charge in [-0.1, -0.05) is 67.1 Å². The van der Waals surface area contributed by atoms with E-state index in [0.717, 1.165) is 36.6 Å². The van der Waals surface area contributed by atoms with Crippen molar-refractivity contribution in [3.63, 3.8) is 0 Å². The van der Waals surface area contributed by atoms with Gasteiger partial charge in [0.2, 0.25) is 0 Å². The van der Waals surface area contributed by atoms with Crippen LogP contribution in [0.1, 0.15) is 58.3 Å². The number of rotatable bonds is 6. The molecule has 30 heavy (non-hydrogen) atoms. The first-order valence-electron chi connectivity index (χ1n) is 10.6. The molecule has 0 saturated carbocycles. The minimum Gasteiger partial charge on any atom is -0.348 e. The molecule has 1 N–H and O–H groups in total. The van der Waals surface area contributed by atoms with E-state index in [9.17, 15) is 4.79 Å². The van der Waals surface area contributed by atoms with Crippen LogP contribution in [0.3, 0.4) is 0 Å². The van der Waals surface area contributed by atoms with E-state index in [4.69, 9.17) is 4.98 Å². The van der Waals surface area contributed by atoms with Gasteiger partial charge in [0.25, 0.3) is 5.91 Å². The Hall–Kier alpha value is -3.05. The Morgan fingerprint density at radius 1 is 1.03 bits per heavy atom. The lowest BCUT2D eigenvalue weighted by atomic mass is 10.00. The van der Waals surface area contributed by atoms with Crippen molar-refractivity contribution in [3.8, 4) is 0 Å². The van der Waals surface area contributed by atoms with E-state index in [1.165, 1.54) is 18.4 Å². The summed E-state index contributed by atoms with van der Waals surface area (Å²) >= 11 is 0. The highest BCUT2D eigenvalue weighted by Gasteiger charge is 2.27. The van der Waals surface area contributed by atoms with Gasteiger partial charge in [0.15, 0.2) is 0 Å². The minimum absolute atomic E-state index is 0.132. The topological polar surface area (TPSA) is 58.1 Å². The van der Waals surface area contributed by atoms with E-state index in [-0.39, 0.29) is 11.9 Å². The van der Waals surface area contributed by atoms with E-state index in [1.807, 2.05) is 43.3 Å². The van der Waals surface area contributed by atoms with E-state index in [1.54, 1.807) is 6.20 Å². The Bertz CT molecular complexity index is 975. The molecule has 1 aromatic heterocycles. The molecular formula is C25H28N4O. The van der Waals surface area contributed by atoms with Crippen molar-refractivity contribution in [3.05, 3.63) is 95.1 Å². The molecule has 0 spiro atoms. The van der Waals surface area contributed by atoms with Crippen LogP contribution in [0, 0.1) is 6.92 Å². The lowest BCUT2D eigenvalue weighted by Gasteiger charge is -2.34. The van der Waals surface area contributed by atoms with Gasteiger partial charge in [-0.2, -0.15) is 0 Å². The Balaban J connectivity index is 1.46. The van der Waals surface area contributed by atoms with Crippen LogP contribution >= 0.6 is 0 Å². The van der Waals surface area contributed by atoms with Crippen LogP contribution in [0.15, 0.2) is 66.9 Å². The normalized spacial score (nSPS) is 16.9. The molecule has 0 bridgehead atoms. The smallest absolute Gasteiger partial charge is 0.254 e. The maximum atomic E-state index is 12.6. The Morgan fingerprint density at radius 2 is 1.73 bits per heavy atom. The van der Waals surface area contributed by atoms with E-state index >= 15 is 0 Å². The fourth-order valence-corrected chi connectivity index (χ4v) is 4.03. The number of hydrogen-bond acceptors (Lipinski definition) is 4. The highest BCUT2D eigenvalue weighted by atomic mass is 16.1. The van der Waals surface area contributed by atoms with Crippen LogP contribution < -0.4 is 5.32 Å². The molecule has 0 unspecified atom stereocenters. The number of aryl methyl sites for hydroxylation is 1. The summed E-state index contributed by atoms with van der Waals surface area (Å²) in [6.45, 7) is 4.33. The number of benzene rings is 2. The van der Waals surface area contributed by atoms with Gasteiger partial charge >= 0.3 is 0 Å². The van der Waals surface area contributed by atoms with Crippen LogP contribution in [0.25, 0.3) is 0 Å². The first-order chi connectivity index (χ1) is 14.7. The molecule has 2 aromatic carbocycles. The fourth-order valence-electron chi connectivity index (χ4n) is 4.03. The minimum atomic E-state index is -0.132. The van der Waals surface area contributed by atoms with Crippen molar-refractivity contribution < 1.29 is 4.79 Å². The molecule has 5 heteroatoms. The van der Waals surface area contributed by atoms with Crippen molar-refractivity contribution in [1.82, 2.24) is 20.2 Å². The second kappa shape index (κ2) is 9.63. The molecular weight excluding hydrogens is 372 g/mol. The number of hydrogen-bond donors (Lipinski definition) is 1. The first kappa shape index (κ1) is 20.2. The standard InChI is InChI=1S/C25H28N4O/c1-19-22(25(30)27-16-20-10-4-2-5-11-20)17-26-24(28-19)23-14-8-9-15-29(23)18-21-12-6-3-7-13-21/h2-7,10-13,17,23H,8-9,14-16,18H2,1H3,(H,27,30)/t23-/m1/s1. The lowest BCUT2D eigenvalue weighted by molar-refractivity contribution is 0.0948. The molecule has 1 aliphatic rings. The van der Waals surface area contributed by atoms with Gasteiger partial charge < -0.3 is 5.32 Å². The fraction of sp³-hybridized carbons (Fsp3) is 0.320. The third-order valence-electron chi connectivity index (χ3n) is 5.68. The number of nitrogens with zero attached hydrogens (tertiary/aromatic N) is 3. The van der Waals surface area contributed by atoms with Gasteiger partial charge in [-0.05, 0) is 37.4 Å². The number of amides is 1. The number of aromatic nitrogens is 2. The van der Waals surface area contributed by atoms with Crippen molar-refractivity contribution in [1.29, 1.82) is 0 Å². The monoisotopic (exact) mass is 400 g/mol. The Kier molecular flexibility index (Phi) is 6.50. The van der Waals surface area contributed by atoms with E-state index in [2.05, 4.69) is 39.5 Å². The number of likely N-dealkylation sites (tertiary alicyclic amines) is 1. The van der Waals surface area contributed by atoms with Crippen molar-refractivity contribution in [2.45, 2.75) is 45.3 Å². The molecule has 3 aromatic rings. The van der Waals surface area contributed by atoms with Crippen LogP contribution in [-0.2, 0) is 13.1 Å². The molecule has 5 nitrogen and oxygen atoms in total. The van der Waals surface area contributed by atoms with Gasteiger partial charge in [-0.25, -0.2) is 9.97 Å². The van der Waals surface area contributed by atoms with Gasteiger partial charge in [0, 0.05) is 19.3 Å². The predicted octanol–water partition coefficient (Wildman–Crippen LogP) is 4.44.